The highest BCUT2D eigenvalue weighted by atomic mass is 16.5. The summed E-state index contributed by atoms with van der Waals surface area (Å²) in [5.74, 6) is 0.650. The number of methoxy groups -OCH3 is 1. The van der Waals surface area contributed by atoms with Crippen LogP contribution in [-0.2, 0) is 16.1 Å². The van der Waals surface area contributed by atoms with Crippen LogP contribution in [0.1, 0.15) is 48.4 Å². The zero-order chi connectivity index (χ0) is 19.2. The number of nitrogens with zero attached hydrogens (tertiary/aromatic N) is 3. The molecule has 8 heteroatoms. The minimum atomic E-state index is -0.296. The third kappa shape index (κ3) is 4.71. The van der Waals surface area contributed by atoms with Crippen molar-refractivity contribution in [2.75, 3.05) is 19.0 Å². The molecule has 1 aromatic heterocycles. The van der Waals surface area contributed by atoms with Crippen molar-refractivity contribution in [3.63, 3.8) is 0 Å². The van der Waals surface area contributed by atoms with Gasteiger partial charge in [0.25, 0.3) is 5.91 Å². The van der Waals surface area contributed by atoms with Gasteiger partial charge in [0, 0.05) is 30.8 Å². The second kappa shape index (κ2) is 8.77. The van der Waals surface area contributed by atoms with Gasteiger partial charge in [-0.25, -0.2) is 0 Å². The fourth-order valence-corrected chi connectivity index (χ4v) is 2.93. The van der Waals surface area contributed by atoms with Crippen molar-refractivity contribution < 1.29 is 14.3 Å². The lowest BCUT2D eigenvalue weighted by atomic mass is 9.85. The number of benzene rings is 1. The summed E-state index contributed by atoms with van der Waals surface area (Å²) in [4.78, 5) is 24.5. The lowest BCUT2D eigenvalue weighted by Gasteiger charge is -2.24. The Labute approximate surface area is 158 Å². The molecule has 8 nitrogen and oxygen atoms in total. The smallest absolute Gasteiger partial charge is 0.251 e. The summed E-state index contributed by atoms with van der Waals surface area (Å²) in [7, 11) is 1.63. The van der Waals surface area contributed by atoms with Gasteiger partial charge in [0.15, 0.2) is 5.82 Å². The van der Waals surface area contributed by atoms with Crippen LogP contribution in [0, 0.1) is 5.92 Å². The van der Waals surface area contributed by atoms with Crippen molar-refractivity contribution >= 4 is 17.5 Å². The fourth-order valence-electron chi connectivity index (χ4n) is 2.93. The first-order valence-corrected chi connectivity index (χ1v) is 9.17. The summed E-state index contributed by atoms with van der Waals surface area (Å²) >= 11 is 0. The van der Waals surface area contributed by atoms with Gasteiger partial charge in [-0.05, 0) is 44.0 Å². The molecule has 0 bridgehead atoms. The molecule has 0 spiro atoms. The van der Waals surface area contributed by atoms with E-state index >= 15 is 0 Å². The zero-order valence-electron chi connectivity index (χ0n) is 15.6. The van der Waals surface area contributed by atoms with Gasteiger partial charge in [-0.15, -0.1) is 10.2 Å². The van der Waals surface area contributed by atoms with E-state index in [2.05, 4.69) is 20.8 Å². The third-order valence-corrected chi connectivity index (χ3v) is 4.81. The van der Waals surface area contributed by atoms with Gasteiger partial charge in [0.1, 0.15) is 6.33 Å². The highest BCUT2D eigenvalue weighted by molar-refractivity contribution is 5.96. The molecule has 2 N–H and O–H groups in total. The van der Waals surface area contributed by atoms with Crippen molar-refractivity contribution in [2.24, 2.45) is 5.92 Å². The van der Waals surface area contributed by atoms with E-state index < -0.39 is 0 Å². The van der Waals surface area contributed by atoms with E-state index in [1.807, 2.05) is 11.5 Å². The molecule has 1 aliphatic carbocycles. The Morgan fingerprint density at radius 3 is 2.67 bits per heavy atom. The highest BCUT2D eigenvalue weighted by Crippen LogP contribution is 2.27. The SMILES string of the molecule is COCCn1cnnc1C(C)NC(=O)c1ccc(NC(=O)C2CCC2)cc1. The first-order valence-electron chi connectivity index (χ1n) is 9.17. The molecule has 0 radical (unpaired) electrons. The Morgan fingerprint density at radius 1 is 1.30 bits per heavy atom. The van der Waals surface area contributed by atoms with Crippen molar-refractivity contribution in [3.05, 3.63) is 42.0 Å². The molecule has 144 valence electrons. The summed E-state index contributed by atoms with van der Waals surface area (Å²) in [6.45, 7) is 3.02. The number of ether oxygens (including phenoxy) is 1. The predicted molar refractivity (Wildman–Crippen MR) is 100 cm³/mol. The number of nitrogens with one attached hydrogen (secondary N) is 2. The Bertz CT molecular complexity index is 783. The van der Waals surface area contributed by atoms with E-state index in [0.29, 0.717) is 30.2 Å². The molecule has 0 aliphatic heterocycles. The van der Waals surface area contributed by atoms with Crippen LogP contribution in [0.25, 0.3) is 0 Å². The van der Waals surface area contributed by atoms with Crippen molar-refractivity contribution in [2.45, 2.75) is 38.8 Å². The quantitative estimate of drug-likeness (QED) is 0.741. The number of aromatic nitrogens is 3. The number of hydrogen-bond donors (Lipinski definition) is 2. The van der Waals surface area contributed by atoms with Crippen LogP contribution >= 0.6 is 0 Å². The lowest BCUT2D eigenvalue weighted by Crippen LogP contribution is -2.29. The van der Waals surface area contributed by atoms with E-state index in [9.17, 15) is 9.59 Å². The molecule has 3 rings (SSSR count). The van der Waals surface area contributed by atoms with Crippen LogP contribution in [-0.4, -0.2) is 40.3 Å². The molecule has 1 unspecified atom stereocenters. The van der Waals surface area contributed by atoms with Crippen LogP contribution in [0.5, 0.6) is 0 Å². The Hall–Kier alpha value is -2.74. The molecule has 1 fully saturated rings. The summed E-state index contributed by atoms with van der Waals surface area (Å²) < 4.78 is 6.93. The number of anilines is 1. The van der Waals surface area contributed by atoms with Crippen LogP contribution < -0.4 is 10.6 Å². The van der Waals surface area contributed by atoms with Crippen molar-refractivity contribution in [1.82, 2.24) is 20.1 Å². The van der Waals surface area contributed by atoms with Crippen LogP contribution in [0.15, 0.2) is 30.6 Å². The Morgan fingerprint density at radius 2 is 2.04 bits per heavy atom. The van der Waals surface area contributed by atoms with Crippen LogP contribution in [0.2, 0.25) is 0 Å². The topological polar surface area (TPSA) is 98.1 Å². The first-order chi connectivity index (χ1) is 13.1. The Balaban J connectivity index is 1.57. The van der Waals surface area contributed by atoms with E-state index in [1.165, 1.54) is 0 Å². The van der Waals surface area contributed by atoms with Crippen LogP contribution in [0.4, 0.5) is 5.69 Å². The molecule has 1 atom stereocenters. The predicted octanol–water partition coefficient (Wildman–Crippen LogP) is 2.15. The molecular weight excluding hydrogens is 346 g/mol. The maximum absolute atomic E-state index is 12.5. The normalized spacial score (nSPS) is 15.0. The summed E-state index contributed by atoms with van der Waals surface area (Å²) in [5.41, 5.74) is 1.22. The Kier molecular flexibility index (Phi) is 6.18. The van der Waals surface area contributed by atoms with E-state index in [0.717, 1.165) is 19.3 Å². The molecule has 1 saturated carbocycles. The second-order valence-corrected chi connectivity index (χ2v) is 6.76. The van der Waals surface area contributed by atoms with Crippen molar-refractivity contribution in [1.29, 1.82) is 0 Å². The minimum Gasteiger partial charge on any atom is -0.383 e. The second-order valence-electron chi connectivity index (χ2n) is 6.76. The largest absolute Gasteiger partial charge is 0.383 e. The number of carbonyl (C=O) groups excluding carboxylic acids is 2. The monoisotopic (exact) mass is 371 g/mol. The molecule has 0 saturated heterocycles. The zero-order valence-corrected chi connectivity index (χ0v) is 15.6. The summed E-state index contributed by atoms with van der Waals surface area (Å²) in [6, 6.07) is 6.60. The number of rotatable bonds is 8. The van der Waals surface area contributed by atoms with Gasteiger partial charge in [-0.3, -0.25) is 9.59 Å². The molecule has 2 amide bonds. The number of hydrogen-bond acceptors (Lipinski definition) is 5. The van der Waals surface area contributed by atoms with E-state index in [1.54, 1.807) is 37.7 Å². The van der Waals surface area contributed by atoms with Gasteiger partial charge >= 0.3 is 0 Å². The molecule has 1 aliphatic rings. The first kappa shape index (κ1) is 19.0. The van der Waals surface area contributed by atoms with Gasteiger partial charge in [0.05, 0.1) is 12.6 Å². The standard InChI is InChI=1S/C19H25N5O3/c1-13(17-23-20-12-24(17)10-11-27-2)21-18(25)15-6-8-16(9-7-15)22-19(26)14-4-3-5-14/h6-9,12-14H,3-5,10-11H2,1-2H3,(H,21,25)(H,22,26). The lowest BCUT2D eigenvalue weighted by molar-refractivity contribution is -0.122. The fraction of sp³-hybridized carbons (Fsp3) is 0.474. The van der Waals surface area contributed by atoms with Gasteiger partial charge < -0.3 is 19.9 Å². The van der Waals surface area contributed by atoms with Crippen molar-refractivity contribution in [3.8, 4) is 0 Å². The maximum atomic E-state index is 12.5. The van der Waals surface area contributed by atoms with Gasteiger partial charge in [-0.1, -0.05) is 6.42 Å². The van der Waals surface area contributed by atoms with Gasteiger partial charge in [0.2, 0.25) is 5.91 Å². The minimum absolute atomic E-state index is 0.0578. The molecule has 1 aromatic carbocycles. The highest BCUT2D eigenvalue weighted by Gasteiger charge is 2.25. The average molecular weight is 371 g/mol. The van der Waals surface area contributed by atoms with Gasteiger partial charge in [-0.2, -0.15) is 0 Å². The van der Waals surface area contributed by atoms with E-state index in [4.69, 9.17) is 4.74 Å². The molecular formula is C19H25N5O3. The summed E-state index contributed by atoms with van der Waals surface area (Å²) in [6.07, 6.45) is 4.66. The number of amides is 2. The maximum Gasteiger partial charge on any atom is 0.251 e. The molecule has 1 heterocycles. The average Bonchev–Trinajstić information content (AvgIpc) is 3.07. The molecule has 27 heavy (non-hydrogen) atoms. The van der Waals surface area contributed by atoms with Crippen LogP contribution in [0.3, 0.4) is 0 Å². The molecule has 2 aromatic rings. The third-order valence-electron chi connectivity index (χ3n) is 4.81. The summed E-state index contributed by atoms with van der Waals surface area (Å²) in [5, 5.41) is 13.8. The van der Waals surface area contributed by atoms with E-state index in [-0.39, 0.29) is 23.8 Å². The number of carbonyl (C=O) groups is 2.